The fourth-order valence-electron chi connectivity index (χ4n) is 5.12. The van der Waals surface area contributed by atoms with Crippen molar-refractivity contribution < 1.29 is 0 Å². The van der Waals surface area contributed by atoms with E-state index in [0.717, 1.165) is 46.8 Å². The molecule has 0 N–H and O–H groups in total. The lowest BCUT2D eigenvalue weighted by Crippen LogP contribution is -2.37. The van der Waals surface area contributed by atoms with E-state index in [1.807, 2.05) is 0 Å². The Hall–Kier alpha value is 0.720. The van der Waals surface area contributed by atoms with Crippen LogP contribution in [0.25, 0.3) is 0 Å². The molecular weight excluding hydrogens is 307 g/mol. The molecule has 3 unspecified atom stereocenters. The van der Waals surface area contributed by atoms with Crippen LogP contribution in [0, 0.1) is 35.5 Å². The van der Waals surface area contributed by atoms with Crippen molar-refractivity contribution >= 4 is 18.5 Å². The van der Waals surface area contributed by atoms with Gasteiger partial charge in [0.2, 0.25) is 0 Å². The third-order valence-electron chi connectivity index (χ3n) is 6.61. The minimum absolute atomic E-state index is 0.341. The Kier molecular flexibility index (Phi) is 7.10. The van der Waals surface area contributed by atoms with Crippen molar-refractivity contribution in [1.82, 2.24) is 0 Å². The maximum absolute atomic E-state index is 7.31. The Morgan fingerprint density at radius 1 is 0.727 bits per heavy atom. The van der Waals surface area contributed by atoms with Gasteiger partial charge in [0.05, 0.1) is 0 Å². The lowest BCUT2D eigenvalue weighted by molar-refractivity contribution is 0.225. The molecule has 0 radical (unpaired) electrons. The molecule has 2 fully saturated rings. The summed E-state index contributed by atoms with van der Waals surface area (Å²) in [6, 6.07) is 0. The van der Waals surface area contributed by atoms with Crippen LogP contribution >= 0.6 is 18.5 Å². The largest absolute Gasteiger partial charge is 0.0958 e. The molecule has 0 aromatic rings. The molecular formula is C20H38ClP. The van der Waals surface area contributed by atoms with Gasteiger partial charge in [0.25, 0.3) is 0 Å². The van der Waals surface area contributed by atoms with Crippen LogP contribution in [-0.4, -0.2) is 11.3 Å². The molecule has 0 aromatic heterocycles. The first-order valence-corrected chi connectivity index (χ1v) is 12.1. The van der Waals surface area contributed by atoms with Gasteiger partial charge in [0.15, 0.2) is 0 Å². The predicted octanol–water partition coefficient (Wildman–Crippen LogP) is 7.54. The third kappa shape index (κ3) is 4.42. The summed E-state index contributed by atoms with van der Waals surface area (Å²) in [7, 11) is -0.341. The minimum Gasteiger partial charge on any atom is -0.0958 e. The summed E-state index contributed by atoms with van der Waals surface area (Å²) < 4.78 is 0. The van der Waals surface area contributed by atoms with E-state index in [2.05, 4.69) is 41.5 Å². The molecule has 0 nitrogen and oxygen atoms in total. The summed E-state index contributed by atoms with van der Waals surface area (Å²) in [5.74, 6) is 5.15. The Labute approximate surface area is 145 Å². The van der Waals surface area contributed by atoms with Crippen LogP contribution in [0.3, 0.4) is 0 Å². The van der Waals surface area contributed by atoms with Crippen LogP contribution in [0.4, 0.5) is 0 Å². The van der Waals surface area contributed by atoms with Crippen LogP contribution in [-0.2, 0) is 0 Å². The average Bonchev–Trinajstić information content (AvgIpc) is 2.45. The Bertz CT molecular complexity index is 309. The third-order valence-corrected chi connectivity index (χ3v) is 10.6. The van der Waals surface area contributed by atoms with Gasteiger partial charge >= 0.3 is 0 Å². The number of rotatable bonds is 4. The SMILES string of the molecule is CC(C)[C@H]1CC[C@H](C)CC1P(Cl)C1C[C@H](C)CC[C@H]1C(C)C. The van der Waals surface area contributed by atoms with E-state index in [0.29, 0.717) is 0 Å². The standard InChI is InChI=1S/C20H38ClP/c1-13(2)17-9-7-15(5)11-19(17)22(21)20-12-16(6)8-10-18(20)14(3)4/h13-20H,7-12H2,1-6H3/t15-,16+,17+,18-,19?,20?,22?. The van der Waals surface area contributed by atoms with E-state index in [-0.39, 0.29) is 7.27 Å². The zero-order chi connectivity index (χ0) is 16.4. The van der Waals surface area contributed by atoms with E-state index < -0.39 is 0 Å². The lowest BCUT2D eigenvalue weighted by atomic mass is 9.76. The smallest absolute Gasteiger partial charge is 0.00280 e. The normalized spacial score (nSPS) is 41.9. The van der Waals surface area contributed by atoms with Gasteiger partial charge in [-0.25, -0.2) is 0 Å². The number of hydrogen-bond donors (Lipinski definition) is 0. The summed E-state index contributed by atoms with van der Waals surface area (Å²) in [4.78, 5) is 0. The van der Waals surface area contributed by atoms with Crippen molar-refractivity contribution in [3.63, 3.8) is 0 Å². The number of hydrogen-bond acceptors (Lipinski definition) is 0. The monoisotopic (exact) mass is 344 g/mol. The Morgan fingerprint density at radius 2 is 1.09 bits per heavy atom. The Morgan fingerprint density at radius 3 is 1.41 bits per heavy atom. The highest BCUT2D eigenvalue weighted by atomic mass is 35.7. The number of halogens is 1. The molecule has 2 heteroatoms. The van der Waals surface area contributed by atoms with Crippen molar-refractivity contribution in [1.29, 1.82) is 0 Å². The van der Waals surface area contributed by atoms with Crippen molar-refractivity contribution in [2.24, 2.45) is 35.5 Å². The fraction of sp³-hybridized carbons (Fsp3) is 1.00. The van der Waals surface area contributed by atoms with Gasteiger partial charge in [-0.05, 0) is 79.8 Å². The summed E-state index contributed by atoms with van der Waals surface area (Å²) >= 11 is 7.31. The van der Waals surface area contributed by atoms with E-state index in [4.69, 9.17) is 11.2 Å². The van der Waals surface area contributed by atoms with E-state index >= 15 is 0 Å². The van der Waals surface area contributed by atoms with Gasteiger partial charge in [-0.1, -0.05) is 65.6 Å². The molecule has 2 saturated carbocycles. The summed E-state index contributed by atoms with van der Waals surface area (Å²) in [5, 5.41) is 0. The van der Waals surface area contributed by atoms with Gasteiger partial charge < -0.3 is 0 Å². The van der Waals surface area contributed by atoms with Gasteiger partial charge in [0, 0.05) is 0 Å². The molecule has 0 spiro atoms. The zero-order valence-corrected chi connectivity index (χ0v) is 17.3. The second-order valence-electron chi connectivity index (χ2n) is 9.13. The van der Waals surface area contributed by atoms with Crippen LogP contribution in [0.15, 0.2) is 0 Å². The van der Waals surface area contributed by atoms with Crippen LogP contribution in [0.1, 0.15) is 80.1 Å². The molecule has 0 heterocycles. The van der Waals surface area contributed by atoms with Gasteiger partial charge in [0.1, 0.15) is 0 Å². The summed E-state index contributed by atoms with van der Waals surface area (Å²) in [5.41, 5.74) is 1.63. The maximum Gasteiger partial charge on any atom is -0.00280 e. The zero-order valence-electron chi connectivity index (χ0n) is 15.7. The van der Waals surface area contributed by atoms with Crippen molar-refractivity contribution in [2.45, 2.75) is 91.4 Å². The maximum atomic E-state index is 7.31. The fourth-order valence-corrected chi connectivity index (χ4v) is 9.80. The van der Waals surface area contributed by atoms with Gasteiger partial charge in [-0.15, -0.1) is 0 Å². The molecule has 22 heavy (non-hydrogen) atoms. The van der Waals surface area contributed by atoms with Crippen LogP contribution < -0.4 is 0 Å². The van der Waals surface area contributed by atoms with E-state index in [1.165, 1.54) is 38.5 Å². The van der Waals surface area contributed by atoms with Crippen molar-refractivity contribution in [2.75, 3.05) is 0 Å². The lowest BCUT2D eigenvalue weighted by Gasteiger charge is -2.47. The molecule has 0 saturated heterocycles. The van der Waals surface area contributed by atoms with Crippen molar-refractivity contribution in [3.8, 4) is 0 Å². The van der Waals surface area contributed by atoms with Crippen LogP contribution in [0.2, 0.25) is 0 Å². The first-order chi connectivity index (χ1) is 10.3. The molecule has 2 rings (SSSR count). The highest BCUT2D eigenvalue weighted by Gasteiger charge is 2.43. The average molecular weight is 345 g/mol. The predicted molar refractivity (Wildman–Crippen MR) is 103 cm³/mol. The topological polar surface area (TPSA) is 0 Å². The van der Waals surface area contributed by atoms with E-state index in [1.54, 1.807) is 0 Å². The highest BCUT2D eigenvalue weighted by molar-refractivity contribution is 7.85. The van der Waals surface area contributed by atoms with E-state index in [9.17, 15) is 0 Å². The summed E-state index contributed by atoms with van der Waals surface area (Å²) in [6.07, 6.45) is 8.48. The minimum atomic E-state index is -0.341. The van der Waals surface area contributed by atoms with Gasteiger partial charge in [-0.2, -0.15) is 0 Å². The molecule has 2 aliphatic carbocycles. The molecule has 7 atom stereocenters. The Balaban J connectivity index is 2.16. The molecule has 0 amide bonds. The second-order valence-corrected chi connectivity index (χ2v) is 12.3. The van der Waals surface area contributed by atoms with Gasteiger partial charge in [-0.3, -0.25) is 0 Å². The van der Waals surface area contributed by atoms with Crippen molar-refractivity contribution in [3.05, 3.63) is 0 Å². The molecule has 2 aliphatic rings. The summed E-state index contributed by atoms with van der Waals surface area (Å²) in [6.45, 7) is 14.6. The first kappa shape index (κ1) is 19.1. The van der Waals surface area contributed by atoms with Crippen LogP contribution in [0.5, 0.6) is 0 Å². The molecule has 0 aromatic carbocycles. The molecule has 130 valence electrons. The molecule has 0 bridgehead atoms. The first-order valence-electron chi connectivity index (χ1n) is 9.75. The molecule has 0 aliphatic heterocycles. The quantitative estimate of drug-likeness (QED) is 0.462. The second kappa shape index (κ2) is 8.20. The highest BCUT2D eigenvalue weighted by Crippen LogP contribution is 2.64.